The van der Waals surface area contributed by atoms with Crippen LogP contribution in [-0.4, -0.2) is 49.0 Å². The number of nitrogens with zero attached hydrogens (tertiary/aromatic N) is 2. The minimum atomic E-state index is 0.218. The number of rotatable bonds is 7. The quantitative estimate of drug-likeness (QED) is 0.775. The van der Waals surface area contributed by atoms with Gasteiger partial charge in [-0.1, -0.05) is 24.3 Å². The van der Waals surface area contributed by atoms with Gasteiger partial charge in [0.15, 0.2) is 0 Å². The fourth-order valence-corrected chi connectivity index (χ4v) is 3.30. The van der Waals surface area contributed by atoms with Crippen LogP contribution >= 0.6 is 0 Å². The summed E-state index contributed by atoms with van der Waals surface area (Å²) in [5.41, 5.74) is 2.54. The molecule has 0 spiro atoms. The maximum Gasteiger partial charge on any atom is 0.225 e. The van der Waals surface area contributed by atoms with E-state index in [-0.39, 0.29) is 5.92 Å². The first-order chi connectivity index (χ1) is 11.2. The Morgan fingerprint density at radius 2 is 1.70 bits per heavy atom. The van der Waals surface area contributed by atoms with Crippen molar-refractivity contribution < 1.29 is 9.53 Å². The van der Waals surface area contributed by atoms with Gasteiger partial charge in [0.2, 0.25) is 5.91 Å². The summed E-state index contributed by atoms with van der Waals surface area (Å²) >= 11 is 0. The Kier molecular flexibility index (Phi) is 7.06. The molecule has 4 heteroatoms. The molecule has 4 nitrogen and oxygen atoms in total. The molecule has 0 N–H and O–H groups in total. The molecule has 0 aliphatic carbocycles. The van der Waals surface area contributed by atoms with Gasteiger partial charge in [0, 0.05) is 32.7 Å². The molecule has 23 heavy (non-hydrogen) atoms. The Bertz CT molecular complexity index is 475. The standard InChI is InChI=1S/C19H30N2O2/c1-4-21(5-2)19(22)18-10-12-20(13-11-18)14-16-6-8-17(9-7-16)15-23-3/h6-9,18H,4-5,10-15H2,1-3H3. The van der Waals surface area contributed by atoms with E-state index in [1.54, 1.807) is 7.11 Å². The van der Waals surface area contributed by atoms with E-state index in [9.17, 15) is 4.79 Å². The fraction of sp³-hybridized carbons (Fsp3) is 0.632. The summed E-state index contributed by atoms with van der Waals surface area (Å²) < 4.78 is 5.14. The van der Waals surface area contributed by atoms with Gasteiger partial charge in [-0.15, -0.1) is 0 Å². The van der Waals surface area contributed by atoms with Gasteiger partial charge >= 0.3 is 0 Å². The van der Waals surface area contributed by atoms with Crippen molar-refractivity contribution in [1.29, 1.82) is 0 Å². The first-order valence-corrected chi connectivity index (χ1v) is 8.75. The van der Waals surface area contributed by atoms with Crippen LogP contribution in [0.5, 0.6) is 0 Å². The lowest BCUT2D eigenvalue weighted by Crippen LogP contribution is -2.42. The molecule has 2 rings (SSSR count). The smallest absolute Gasteiger partial charge is 0.225 e. The summed E-state index contributed by atoms with van der Waals surface area (Å²) in [6.07, 6.45) is 1.97. The lowest BCUT2D eigenvalue weighted by Gasteiger charge is -2.33. The first kappa shape index (κ1) is 18.0. The summed E-state index contributed by atoms with van der Waals surface area (Å²) in [5, 5.41) is 0. The Hall–Kier alpha value is -1.39. The maximum atomic E-state index is 12.4. The van der Waals surface area contributed by atoms with Crippen LogP contribution in [-0.2, 0) is 22.7 Å². The summed E-state index contributed by atoms with van der Waals surface area (Å²) in [7, 11) is 1.72. The lowest BCUT2D eigenvalue weighted by atomic mass is 9.95. The van der Waals surface area contributed by atoms with Crippen molar-refractivity contribution in [2.24, 2.45) is 5.92 Å². The average Bonchev–Trinajstić information content (AvgIpc) is 2.58. The van der Waals surface area contributed by atoms with Crippen LogP contribution in [0.4, 0.5) is 0 Å². The van der Waals surface area contributed by atoms with E-state index in [4.69, 9.17) is 4.74 Å². The number of likely N-dealkylation sites (tertiary alicyclic amines) is 1. The minimum absolute atomic E-state index is 0.218. The fourth-order valence-electron chi connectivity index (χ4n) is 3.30. The molecule has 128 valence electrons. The van der Waals surface area contributed by atoms with Crippen LogP contribution in [0.15, 0.2) is 24.3 Å². The predicted molar refractivity (Wildman–Crippen MR) is 93.1 cm³/mol. The van der Waals surface area contributed by atoms with E-state index < -0.39 is 0 Å². The first-order valence-electron chi connectivity index (χ1n) is 8.75. The molecule has 1 aromatic carbocycles. The zero-order valence-electron chi connectivity index (χ0n) is 14.8. The molecule has 1 fully saturated rings. The summed E-state index contributed by atoms with van der Waals surface area (Å²) in [4.78, 5) is 16.8. The van der Waals surface area contributed by atoms with Gasteiger partial charge in [0.05, 0.1) is 6.61 Å². The number of hydrogen-bond acceptors (Lipinski definition) is 3. The lowest BCUT2D eigenvalue weighted by molar-refractivity contribution is -0.136. The highest BCUT2D eigenvalue weighted by Crippen LogP contribution is 2.21. The van der Waals surface area contributed by atoms with Crippen LogP contribution in [0.25, 0.3) is 0 Å². The van der Waals surface area contributed by atoms with Gasteiger partial charge in [-0.05, 0) is 50.9 Å². The highest BCUT2D eigenvalue weighted by atomic mass is 16.5. The molecule has 0 bridgehead atoms. The SMILES string of the molecule is CCN(CC)C(=O)C1CCN(Cc2ccc(COC)cc2)CC1. The van der Waals surface area contributed by atoms with Crippen LogP contribution in [0.3, 0.4) is 0 Å². The normalized spacial score (nSPS) is 16.5. The van der Waals surface area contributed by atoms with Gasteiger partial charge in [-0.2, -0.15) is 0 Å². The molecule has 0 unspecified atom stereocenters. The van der Waals surface area contributed by atoms with Crippen molar-refractivity contribution in [2.45, 2.75) is 39.8 Å². The topological polar surface area (TPSA) is 32.8 Å². The molecule has 0 saturated carbocycles. The van der Waals surface area contributed by atoms with Crippen molar-refractivity contribution in [3.05, 3.63) is 35.4 Å². The van der Waals surface area contributed by atoms with Crippen LogP contribution in [0, 0.1) is 5.92 Å². The summed E-state index contributed by atoms with van der Waals surface area (Å²) in [5.74, 6) is 0.564. The van der Waals surface area contributed by atoms with Gasteiger partial charge in [-0.3, -0.25) is 9.69 Å². The number of amides is 1. The van der Waals surface area contributed by atoms with Gasteiger partial charge < -0.3 is 9.64 Å². The second kappa shape index (κ2) is 9.04. The van der Waals surface area contributed by atoms with Gasteiger partial charge in [-0.25, -0.2) is 0 Å². The molecular formula is C19H30N2O2. The van der Waals surface area contributed by atoms with E-state index in [0.29, 0.717) is 12.5 Å². The highest BCUT2D eigenvalue weighted by Gasteiger charge is 2.27. The second-order valence-electron chi connectivity index (χ2n) is 6.31. The van der Waals surface area contributed by atoms with Gasteiger partial charge in [0.25, 0.3) is 0 Å². The number of benzene rings is 1. The van der Waals surface area contributed by atoms with Crippen LogP contribution in [0.2, 0.25) is 0 Å². The van der Waals surface area contributed by atoms with E-state index in [2.05, 4.69) is 43.0 Å². The molecule has 0 radical (unpaired) electrons. The van der Waals surface area contributed by atoms with Gasteiger partial charge in [0.1, 0.15) is 0 Å². The molecular weight excluding hydrogens is 288 g/mol. The zero-order chi connectivity index (χ0) is 16.7. The largest absolute Gasteiger partial charge is 0.380 e. The zero-order valence-corrected chi connectivity index (χ0v) is 14.8. The number of hydrogen-bond donors (Lipinski definition) is 0. The molecule has 1 aliphatic heterocycles. The number of ether oxygens (including phenoxy) is 1. The Balaban J connectivity index is 1.81. The third kappa shape index (κ3) is 5.05. The van der Waals surface area contributed by atoms with Crippen LogP contribution < -0.4 is 0 Å². The monoisotopic (exact) mass is 318 g/mol. The van der Waals surface area contributed by atoms with Crippen molar-refractivity contribution in [3.63, 3.8) is 0 Å². The Morgan fingerprint density at radius 1 is 1.13 bits per heavy atom. The second-order valence-corrected chi connectivity index (χ2v) is 6.31. The summed E-state index contributed by atoms with van der Waals surface area (Å²) in [6.45, 7) is 9.42. The van der Waals surface area contributed by atoms with E-state index in [1.165, 1.54) is 11.1 Å². The van der Waals surface area contributed by atoms with E-state index >= 15 is 0 Å². The predicted octanol–water partition coefficient (Wildman–Crippen LogP) is 2.91. The molecule has 0 atom stereocenters. The maximum absolute atomic E-state index is 12.4. The summed E-state index contributed by atoms with van der Waals surface area (Å²) in [6, 6.07) is 8.63. The average molecular weight is 318 g/mol. The van der Waals surface area contributed by atoms with Crippen LogP contribution in [0.1, 0.15) is 37.8 Å². The Morgan fingerprint density at radius 3 is 2.22 bits per heavy atom. The molecule has 1 heterocycles. The van der Waals surface area contributed by atoms with Crippen molar-refractivity contribution in [1.82, 2.24) is 9.80 Å². The van der Waals surface area contributed by atoms with Crippen molar-refractivity contribution in [3.8, 4) is 0 Å². The Labute approximate surface area is 140 Å². The molecule has 1 amide bonds. The number of carbonyl (C=O) groups is 1. The molecule has 1 aliphatic rings. The molecule has 0 aromatic heterocycles. The number of carbonyl (C=O) groups excluding carboxylic acids is 1. The highest BCUT2D eigenvalue weighted by molar-refractivity contribution is 5.78. The third-order valence-electron chi connectivity index (χ3n) is 4.75. The third-order valence-corrected chi connectivity index (χ3v) is 4.75. The number of piperidine rings is 1. The molecule has 1 saturated heterocycles. The minimum Gasteiger partial charge on any atom is -0.380 e. The van der Waals surface area contributed by atoms with E-state index in [1.807, 2.05) is 4.90 Å². The number of methoxy groups -OCH3 is 1. The van der Waals surface area contributed by atoms with Crippen molar-refractivity contribution in [2.75, 3.05) is 33.3 Å². The van der Waals surface area contributed by atoms with E-state index in [0.717, 1.165) is 45.6 Å². The molecule has 1 aromatic rings. The van der Waals surface area contributed by atoms with Crippen molar-refractivity contribution >= 4 is 5.91 Å².